The quantitative estimate of drug-likeness (QED) is 0.433. The van der Waals surface area contributed by atoms with E-state index in [1.807, 2.05) is 42.5 Å². The van der Waals surface area contributed by atoms with Crippen LogP contribution in [0, 0.1) is 0 Å². The lowest BCUT2D eigenvalue weighted by atomic mass is 10.1. The number of benzene rings is 1. The first kappa shape index (κ1) is 17.3. The summed E-state index contributed by atoms with van der Waals surface area (Å²) in [5.41, 5.74) is 11.5. The predicted octanol–water partition coefficient (Wildman–Crippen LogP) is 1.62. The van der Waals surface area contributed by atoms with E-state index in [1.54, 1.807) is 14.2 Å². The fraction of sp³-hybridized carbons (Fsp3) is 0.250. The van der Waals surface area contributed by atoms with Gasteiger partial charge >= 0.3 is 0 Å². The fourth-order valence-corrected chi connectivity index (χ4v) is 1.75. The highest BCUT2D eigenvalue weighted by Crippen LogP contribution is 2.28. The highest BCUT2D eigenvalue weighted by Gasteiger charge is 2.03. The lowest BCUT2D eigenvalue weighted by Crippen LogP contribution is -2.00. The highest BCUT2D eigenvalue weighted by molar-refractivity contribution is 5.58. The van der Waals surface area contributed by atoms with Crippen molar-refractivity contribution >= 4 is 18.8 Å². The molecule has 0 fully saturated rings. The van der Waals surface area contributed by atoms with Crippen molar-refractivity contribution in [2.45, 2.75) is 6.04 Å². The van der Waals surface area contributed by atoms with Gasteiger partial charge in [-0.3, -0.25) is 9.98 Å². The number of nitrogens with two attached hydrogens (primary N) is 2. The van der Waals surface area contributed by atoms with E-state index in [2.05, 4.69) is 9.98 Å². The maximum Gasteiger partial charge on any atom is 0.161 e. The number of hydrogen-bond acceptors (Lipinski definition) is 4. The standard InChI is InChI=1S/C16H22N4O2/c1-21-15-8-6-13(10-16(15)22-2)5-7-14(20-12-18)4-3-9-19-11-17/h3-8,10-12,14H,9H2,1-2H3,(H2,17,19)(H2,18,20). The van der Waals surface area contributed by atoms with Crippen LogP contribution < -0.4 is 20.9 Å². The van der Waals surface area contributed by atoms with Gasteiger partial charge in [0.15, 0.2) is 11.5 Å². The molecule has 0 saturated carbocycles. The Bertz CT molecular complexity index is 565. The van der Waals surface area contributed by atoms with Crippen molar-refractivity contribution in [3.8, 4) is 11.5 Å². The summed E-state index contributed by atoms with van der Waals surface area (Å²) < 4.78 is 10.5. The highest BCUT2D eigenvalue weighted by atomic mass is 16.5. The molecule has 0 aromatic heterocycles. The lowest BCUT2D eigenvalue weighted by Gasteiger charge is -2.08. The first-order valence-electron chi connectivity index (χ1n) is 6.75. The third-order valence-corrected chi connectivity index (χ3v) is 2.80. The van der Waals surface area contributed by atoms with Gasteiger partial charge in [0.05, 0.1) is 39.5 Å². The van der Waals surface area contributed by atoms with Crippen molar-refractivity contribution in [1.29, 1.82) is 0 Å². The third-order valence-electron chi connectivity index (χ3n) is 2.80. The Morgan fingerprint density at radius 3 is 2.50 bits per heavy atom. The summed E-state index contributed by atoms with van der Waals surface area (Å²) in [6.45, 7) is 0.511. The zero-order valence-electron chi connectivity index (χ0n) is 12.8. The molecule has 1 aromatic carbocycles. The van der Waals surface area contributed by atoms with Crippen LogP contribution in [0.25, 0.3) is 6.08 Å². The number of methoxy groups -OCH3 is 2. The molecular formula is C16H22N4O2. The Hall–Kier alpha value is -2.76. The topological polar surface area (TPSA) is 95.2 Å². The second kappa shape index (κ2) is 10.0. The van der Waals surface area contributed by atoms with Gasteiger partial charge < -0.3 is 20.9 Å². The SMILES string of the molecule is COc1ccc(C=CC(C=CCN=CN)N=CN)cc1OC. The number of aliphatic imine (C=N–C) groups is 2. The molecule has 22 heavy (non-hydrogen) atoms. The Balaban J connectivity index is 2.84. The average molecular weight is 302 g/mol. The van der Waals surface area contributed by atoms with Gasteiger partial charge in [0.1, 0.15) is 0 Å². The van der Waals surface area contributed by atoms with Crippen LogP contribution in [0.3, 0.4) is 0 Å². The summed E-state index contributed by atoms with van der Waals surface area (Å²) in [4.78, 5) is 8.05. The molecule has 1 aromatic rings. The van der Waals surface area contributed by atoms with Crippen molar-refractivity contribution in [3.63, 3.8) is 0 Å². The van der Waals surface area contributed by atoms with E-state index in [9.17, 15) is 0 Å². The lowest BCUT2D eigenvalue weighted by molar-refractivity contribution is 0.355. The van der Waals surface area contributed by atoms with Crippen LogP contribution in [-0.2, 0) is 0 Å². The summed E-state index contributed by atoms with van der Waals surface area (Å²) in [5, 5.41) is 0. The van der Waals surface area contributed by atoms with Gasteiger partial charge in [0, 0.05) is 0 Å². The van der Waals surface area contributed by atoms with E-state index >= 15 is 0 Å². The zero-order chi connectivity index (χ0) is 16.2. The molecule has 0 aliphatic carbocycles. The minimum Gasteiger partial charge on any atom is -0.493 e. The minimum absolute atomic E-state index is 0.161. The van der Waals surface area contributed by atoms with Crippen molar-refractivity contribution in [2.75, 3.05) is 20.8 Å². The molecule has 0 bridgehead atoms. The van der Waals surface area contributed by atoms with E-state index < -0.39 is 0 Å². The van der Waals surface area contributed by atoms with Crippen LogP contribution in [0.15, 0.2) is 46.4 Å². The molecule has 0 aliphatic heterocycles. The average Bonchev–Trinajstić information content (AvgIpc) is 2.56. The smallest absolute Gasteiger partial charge is 0.161 e. The van der Waals surface area contributed by atoms with E-state index in [0.29, 0.717) is 18.0 Å². The summed E-state index contributed by atoms with van der Waals surface area (Å²) >= 11 is 0. The fourth-order valence-electron chi connectivity index (χ4n) is 1.75. The summed E-state index contributed by atoms with van der Waals surface area (Å²) in [7, 11) is 3.21. The number of nitrogens with zero attached hydrogens (tertiary/aromatic N) is 2. The monoisotopic (exact) mass is 302 g/mol. The Kier molecular flexibility index (Phi) is 7.89. The second-order valence-corrected chi connectivity index (χ2v) is 4.20. The van der Waals surface area contributed by atoms with E-state index in [1.165, 1.54) is 12.7 Å². The van der Waals surface area contributed by atoms with Gasteiger partial charge in [0.2, 0.25) is 0 Å². The van der Waals surface area contributed by atoms with Crippen LogP contribution in [0.1, 0.15) is 5.56 Å². The van der Waals surface area contributed by atoms with Crippen LogP contribution in [0.2, 0.25) is 0 Å². The molecule has 6 heteroatoms. The number of rotatable bonds is 8. The molecule has 6 nitrogen and oxygen atoms in total. The molecule has 0 spiro atoms. The largest absolute Gasteiger partial charge is 0.493 e. The molecule has 0 amide bonds. The first-order chi connectivity index (χ1) is 10.7. The van der Waals surface area contributed by atoms with E-state index in [4.69, 9.17) is 20.9 Å². The Morgan fingerprint density at radius 1 is 1.09 bits per heavy atom. The van der Waals surface area contributed by atoms with Crippen molar-refractivity contribution < 1.29 is 9.47 Å². The second-order valence-electron chi connectivity index (χ2n) is 4.20. The molecule has 1 atom stereocenters. The Labute approximate surface area is 130 Å². The third kappa shape index (κ3) is 5.70. The Morgan fingerprint density at radius 2 is 1.86 bits per heavy atom. The minimum atomic E-state index is -0.161. The van der Waals surface area contributed by atoms with Crippen LogP contribution in [-0.4, -0.2) is 39.5 Å². The van der Waals surface area contributed by atoms with Gasteiger partial charge in [0.25, 0.3) is 0 Å². The van der Waals surface area contributed by atoms with E-state index in [0.717, 1.165) is 5.56 Å². The van der Waals surface area contributed by atoms with Gasteiger partial charge in [-0.05, 0) is 17.7 Å². The maximum absolute atomic E-state index is 5.37. The number of hydrogen-bond donors (Lipinski definition) is 2. The van der Waals surface area contributed by atoms with Crippen molar-refractivity contribution in [1.82, 2.24) is 0 Å². The molecule has 0 heterocycles. The summed E-state index contributed by atoms with van der Waals surface area (Å²) in [6.07, 6.45) is 10.2. The molecule has 0 radical (unpaired) electrons. The molecular weight excluding hydrogens is 280 g/mol. The van der Waals surface area contributed by atoms with Crippen molar-refractivity contribution in [2.24, 2.45) is 21.5 Å². The molecule has 0 saturated heterocycles. The maximum atomic E-state index is 5.37. The van der Waals surface area contributed by atoms with E-state index in [-0.39, 0.29) is 6.04 Å². The predicted molar refractivity (Wildman–Crippen MR) is 91.7 cm³/mol. The normalized spacial score (nSPS) is 13.5. The van der Waals surface area contributed by atoms with Crippen LogP contribution >= 0.6 is 0 Å². The molecule has 1 unspecified atom stereocenters. The van der Waals surface area contributed by atoms with Crippen LogP contribution in [0.5, 0.6) is 11.5 Å². The molecule has 1 rings (SSSR count). The van der Waals surface area contributed by atoms with Gasteiger partial charge in [-0.25, -0.2) is 0 Å². The molecule has 4 N–H and O–H groups in total. The van der Waals surface area contributed by atoms with Gasteiger partial charge in [-0.15, -0.1) is 0 Å². The zero-order valence-corrected chi connectivity index (χ0v) is 12.8. The molecule has 118 valence electrons. The number of ether oxygens (including phenoxy) is 2. The summed E-state index contributed by atoms with van der Waals surface area (Å²) in [5.74, 6) is 1.37. The first-order valence-corrected chi connectivity index (χ1v) is 6.75. The van der Waals surface area contributed by atoms with Gasteiger partial charge in [-0.2, -0.15) is 0 Å². The van der Waals surface area contributed by atoms with Crippen molar-refractivity contribution in [3.05, 3.63) is 42.0 Å². The molecule has 0 aliphatic rings. The van der Waals surface area contributed by atoms with Gasteiger partial charge in [-0.1, -0.05) is 30.4 Å². The summed E-state index contributed by atoms with van der Waals surface area (Å²) in [6, 6.07) is 5.52. The van der Waals surface area contributed by atoms with Crippen LogP contribution in [0.4, 0.5) is 0 Å².